The van der Waals surface area contributed by atoms with Gasteiger partial charge in [-0.05, 0) is 52.6 Å². The fourth-order valence-corrected chi connectivity index (χ4v) is 5.88. The van der Waals surface area contributed by atoms with Gasteiger partial charge >= 0.3 is 0 Å². The number of carbonyl (C=O) groups is 4. The first kappa shape index (κ1) is 26.0. The molecule has 0 spiro atoms. The second-order valence-corrected chi connectivity index (χ2v) is 10.4. The number of rotatable bonds is 6. The molecule has 7 rings (SSSR count). The van der Waals surface area contributed by atoms with Crippen LogP contribution in [0, 0.1) is 10.1 Å². The van der Waals surface area contributed by atoms with E-state index in [-0.39, 0.29) is 51.8 Å². The molecule has 43 heavy (non-hydrogen) atoms. The van der Waals surface area contributed by atoms with Gasteiger partial charge in [0.2, 0.25) is 0 Å². The van der Waals surface area contributed by atoms with E-state index in [1.54, 1.807) is 6.07 Å². The zero-order valence-corrected chi connectivity index (χ0v) is 22.5. The first-order valence-corrected chi connectivity index (χ1v) is 13.5. The number of nitrogens with zero attached hydrogens (tertiary/aromatic N) is 3. The molecule has 5 aromatic carbocycles. The predicted octanol–water partition coefficient (Wildman–Crippen LogP) is 6.01. The Hall–Kier alpha value is -5.96. The van der Waals surface area contributed by atoms with E-state index in [1.165, 1.54) is 36.4 Å². The average molecular weight is 568 g/mol. The molecule has 0 fully saturated rings. The van der Waals surface area contributed by atoms with Gasteiger partial charge in [-0.2, -0.15) is 0 Å². The summed E-state index contributed by atoms with van der Waals surface area (Å²) < 4.78 is 0. The van der Waals surface area contributed by atoms with Crippen LogP contribution in [0.4, 0.5) is 5.69 Å². The Morgan fingerprint density at radius 1 is 0.535 bits per heavy atom. The van der Waals surface area contributed by atoms with Gasteiger partial charge in [-0.25, -0.2) is 0 Å². The van der Waals surface area contributed by atoms with Crippen molar-refractivity contribution >= 4 is 40.1 Å². The average Bonchev–Trinajstić information content (AvgIpc) is 3.03. The van der Waals surface area contributed by atoms with E-state index in [0.29, 0.717) is 11.1 Å². The van der Waals surface area contributed by atoms with E-state index < -0.39 is 28.6 Å². The van der Waals surface area contributed by atoms with E-state index in [1.807, 2.05) is 60.7 Å². The predicted molar refractivity (Wildman–Crippen MR) is 157 cm³/mol. The number of carbonyl (C=O) groups excluding carboxylic acids is 4. The maximum Gasteiger partial charge on any atom is 0.269 e. The van der Waals surface area contributed by atoms with Gasteiger partial charge in [-0.15, -0.1) is 0 Å². The van der Waals surface area contributed by atoms with Crippen LogP contribution in [-0.2, 0) is 13.1 Å². The van der Waals surface area contributed by atoms with Gasteiger partial charge in [0.1, 0.15) is 0 Å². The standard InChI is InChI=1S/C34H21N3O6/c38-31-24-15-16-25-29-28(24)27(33(40)35(31)18-20-7-3-1-4-8-20)17-26(22-11-13-23(14-12-22)37(42)43)30(29)34(41)36(32(25)39)19-21-9-5-2-6-10-21/h1-17H,18-19H2. The van der Waals surface area contributed by atoms with Crippen LogP contribution >= 0.6 is 0 Å². The number of amides is 4. The minimum Gasteiger partial charge on any atom is -0.270 e. The van der Waals surface area contributed by atoms with E-state index in [4.69, 9.17) is 0 Å². The Morgan fingerprint density at radius 3 is 1.56 bits per heavy atom. The van der Waals surface area contributed by atoms with Crippen LogP contribution in [0.2, 0.25) is 0 Å². The van der Waals surface area contributed by atoms with Crippen molar-refractivity contribution in [1.29, 1.82) is 0 Å². The van der Waals surface area contributed by atoms with E-state index in [2.05, 4.69) is 0 Å². The van der Waals surface area contributed by atoms with Crippen LogP contribution in [0.5, 0.6) is 0 Å². The lowest BCUT2D eigenvalue weighted by molar-refractivity contribution is -0.384. The summed E-state index contributed by atoms with van der Waals surface area (Å²) in [7, 11) is 0. The largest absolute Gasteiger partial charge is 0.270 e. The number of non-ortho nitro benzene ring substituents is 1. The van der Waals surface area contributed by atoms with Gasteiger partial charge in [0.05, 0.1) is 23.6 Å². The van der Waals surface area contributed by atoms with Gasteiger partial charge in [-0.3, -0.25) is 39.1 Å². The van der Waals surface area contributed by atoms with Crippen molar-refractivity contribution in [3.63, 3.8) is 0 Å². The highest BCUT2D eigenvalue weighted by Crippen LogP contribution is 2.43. The summed E-state index contributed by atoms with van der Waals surface area (Å²) in [6.07, 6.45) is 0. The van der Waals surface area contributed by atoms with Crippen molar-refractivity contribution in [2.24, 2.45) is 0 Å². The third-order valence-corrected chi connectivity index (χ3v) is 7.92. The molecular formula is C34H21N3O6. The lowest BCUT2D eigenvalue weighted by Crippen LogP contribution is -2.43. The minimum absolute atomic E-state index is 0.0192. The molecule has 0 atom stereocenters. The highest BCUT2D eigenvalue weighted by Gasteiger charge is 2.41. The maximum absolute atomic E-state index is 14.2. The SMILES string of the molecule is O=C1c2ccc3c4c(c(-c5ccc([N+](=O)[O-])cc5)cc(c24)C(=O)N1Cc1ccccc1)C(=O)N(Cc1ccccc1)C3=O. The fraction of sp³-hybridized carbons (Fsp3) is 0.0588. The van der Waals surface area contributed by atoms with Crippen LogP contribution in [0.1, 0.15) is 52.6 Å². The van der Waals surface area contributed by atoms with Crippen LogP contribution in [-0.4, -0.2) is 38.4 Å². The molecule has 9 heteroatoms. The van der Waals surface area contributed by atoms with E-state index in [0.717, 1.165) is 20.9 Å². The quantitative estimate of drug-likeness (QED) is 0.141. The third kappa shape index (κ3) is 4.09. The lowest BCUT2D eigenvalue weighted by Gasteiger charge is -2.33. The molecule has 0 aromatic heterocycles. The Balaban J connectivity index is 1.47. The molecule has 0 saturated heterocycles. The third-order valence-electron chi connectivity index (χ3n) is 7.92. The van der Waals surface area contributed by atoms with Crippen molar-refractivity contribution in [1.82, 2.24) is 9.80 Å². The maximum atomic E-state index is 14.2. The molecule has 0 radical (unpaired) electrons. The molecule has 0 unspecified atom stereocenters. The molecule has 208 valence electrons. The highest BCUT2D eigenvalue weighted by molar-refractivity contribution is 6.35. The molecule has 2 aliphatic heterocycles. The molecule has 5 aromatic rings. The molecular weight excluding hydrogens is 546 g/mol. The first-order chi connectivity index (χ1) is 20.8. The number of nitro benzene ring substituents is 1. The summed E-state index contributed by atoms with van der Waals surface area (Å²) in [6.45, 7) is 0.0594. The Labute approximate surface area is 244 Å². The molecule has 2 aliphatic rings. The van der Waals surface area contributed by atoms with Gasteiger partial charge < -0.3 is 0 Å². The van der Waals surface area contributed by atoms with Crippen LogP contribution in [0.15, 0.2) is 103 Å². The van der Waals surface area contributed by atoms with E-state index in [9.17, 15) is 29.3 Å². The Morgan fingerprint density at radius 2 is 1.02 bits per heavy atom. The summed E-state index contributed by atoms with van der Waals surface area (Å²) in [5, 5.41) is 11.8. The van der Waals surface area contributed by atoms with Crippen molar-refractivity contribution in [2.75, 3.05) is 0 Å². The molecule has 9 nitrogen and oxygen atoms in total. The summed E-state index contributed by atoms with van der Waals surface area (Å²) in [6, 6.07) is 28.5. The van der Waals surface area contributed by atoms with Crippen molar-refractivity contribution in [3.05, 3.63) is 147 Å². The van der Waals surface area contributed by atoms with Crippen LogP contribution in [0.3, 0.4) is 0 Å². The van der Waals surface area contributed by atoms with Gasteiger partial charge in [-0.1, -0.05) is 60.7 Å². The number of nitro groups is 1. The molecule has 2 heterocycles. The minimum atomic E-state index is -0.579. The highest BCUT2D eigenvalue weighted by atomic mass is 16.6. The smallest absolute Gasteiger partial charge is 0.269 e. The van der Waals surface area contributed by atoms with Crippen molar-refractivity contribution in [2.45, 2.75) is 13.1 Å². The fourth-order valence-electron chi connectivity index (χ4n) is 5.88. The normalized spacial score (nSPS) is 14.0. The van der Waals surface area contributed by atoms with Crippen LogP contribution in [0.25, 0.3) is 21.9 Å². The lowest BCUT2D eigenvalue weighted by atomic mass is 9.81. The number of imide groups is 2. The number of benzene rings is 5. The van der Waals surface area contributed by atoms with Gasteiger partial charge in [0, 0.05) is 39.6 Å². The van der Waals surface area contributed by atoms with Gasteiger partial charge in [0.25, 0.3) is 29.3 Å². The zero-order valence-electron chi connectivity index (χ0n) is 22.5. The van der Waals surface area contributed by atoms with Gasteiger partial charge in [0.15, 0.2) is 0 Å². The van der Waals surface area contributed by atoms with Crippen molar-refractivity contribution in [3.8, 4) is 11.1 Å². The Kier molecular flexibility index (Phi) is 5.95. The van der Waals surface area contributed by atoms with Crippen LogP contribution < -0.4 is 0 Å². The summed E-state index contributed by atoms with van der Waals surface area (Å²) in [4.78, 5) is 68.9. The number of hydrogen-bond donors (Lipinski definition) is 0. The molecule has 0 N–H and O–H groups in total. The first-order valence-electron chi connectivity index (χ1n) is 13.5. The summed E-state index contributed by atoms with van der Waals surface area (Å²) in [5.74, 6) is -2.19. The second-order valence-electron chi connectivity index (χ2n) is 10.4. The molecule has 0 saturated carbocycles. The van der Waals surface area contributed by atoms with Crippen molar-refractivity contribution < 1.29 is 24.1 Å². The zero-order chi connectivity index (χ0) is 29.8. The topological polar surface area (TPSA) is 118 Å². The monoisotopic (exact) mass is 567 g/mol. The number of hydrogen-bond acceptors (Lipinski definition) is 6. The second kappa shape index (κ2) is 9.85. The molecule has 0 aliphatic carbocycles. The summed E-state index contributed by atoms with van der Waals surface area (Å²) >= 11 is 0. The molecule has 0 bridgehead atoms. The summed E-state index contributed by atoms with van der Waals surface area (Å²) in [5.41, 5.74) is 2.93. The van der Waals surface area contributed by atoms with E-state index >= 15 is 0 Å². The molecule has 4 amide bonds. The Bertz CT molecular complexity index is 2020.